The van der Waals surface area contributed by atoms with Crippen LogP contribution >= 0.6 is 11.3 Å². The zero-order valence-corrected chi connectivity index (χ0v) is 15.4. The monoisotopic (exact) mass is 368 g/mol. The quantitative estimate of drug-likeness (QED) is 0.811. The molecule has 0 aromatic carbocycles. The molecule has 2 unspecified atom stereocenters. The van der Waals surface area contributed by atoms with Crippen LogP contribution in [-0.4, -0.2) is 30.0 Å². The molecule has 138 valence electrons. The van der Waals surface area contributed by atoms with Gasteiger partial charge in [0.05, 0.1) is 5.56 Å². The van der Waals surface area contributed by atoms with E-state index in [-0.39, 0.29) is 24.8 Å². The lowest BCUT2D eigenvalue weighted by atomic mass is 9.92. The normalized spacial score (nSPS) is 29.2. The van der Waals surface area contributed by atoms with E-state index in [1.165, 1.54) is 24.1 Å². The SMILES string of the molecule is Cc1sc(C2CC2NC2CCC2)cc1C(=O)NC1CCC(F)(F)CC1. The number of carbonyl (C=O) groups is 1. The topological polar surface area (TPSA) is 41.1 Å². The highest BCUT2D eigenvalue weighted by molar-refractivity contribution is 7.12. The van der Waals surface area contributed by atoms with Crippen molar-refractivity contribution in [1.29, 1.82) is 0 Å². The second-order valence-electron chi connectivity index (χ2n) is 7.97. The molecule has 0 radical (unpaired) electrons. The second kappa shape index (κ2) is 6.62. The van der Waals surface area contributed by atoms with E-state index < -0.39 is 5.92 Å². The Hall–Kier alpha value is -1.01. The maximum atomic E-state index is 13.2. The third-order valence-corrected chi connectivity index (χ3v) is 7.13. The van der Waals surface area contributed by atoms with Crippen molar-refractivity contribution in [3.8, 4) is 0 Å². The molecule has 0 bridgehead atoms. The number of rotatable bonds is 5. The van der Waals surface area contributed by atoms with Gasteiger partial charge < -0.3 is 10.6 Å². The zero-order valence-electron chi connectivity index (χ0n) is 14.6. The lowest BCUT2D eigenvalue weighted by Gasteiger charge is -2.28. The van der Waals surface area contributed by atoms with Gasteiger partial charge in [-0.3, -0.25) is 4.79 Å². The number of aryl methyl sites for hydroxylation is 1. The predicted molar refractivity (Wildman–Crippen MR) is 95.6 cm³/mol. The Morgan fingerprint density at radius 1 is 1.20 bits per heavy atom. The van der Waals surface area contributed by atoms with E-state index in [1.807, 2.05) is 13.0 Å². The molecule has 3 saturated carbocycles. The molecule has 1 heterocycles. The van der Waals surface area contributed by atoms with Crippen LogP contribution in [0.5, 0.6) is 0 Å². The van der Waals surface area contributed by atoms with Crippen LogP contribution in [0.1, 0.15) is 77.4 Å². The molecule has 1 aromatic heterocycles. The molecule has 0 aliphatic heterocycles. The first-order valence-electron chi connectivity index (χ1n) is 9.46. The van der Waals surface area contributed by atoms with Gasteiger partial charge in [-0.05, 0) is 45.1 Å². The van der Waals surface area contributed by atoms with Crippen LogP contribution in [-0.2, 0) is 0 Å². The van der Waals surface area contributed by atoms with Crippen LogP contribution in [0.2, 0.25) is 0 Å². The summed E-state index contributed by atoms with van der Waals surface area (Å²) >= 11 is 1.71. The number of carbonyl (C=O) groups excluding carboxylic acids is 1. The number of hydrogen-bond acceptors (Lipinski definition) is 3. The van der Waals surface area contributed by atoms with Crippen molar-refractivity contribution < 1.29 is 13.6 Å². The number of hydrogen-bond donors (Lipinski definition) is 2. The number of thiophene rings is 1. The fraction of sp³-hybridized carbons (Fsp3) is 0.737. The molecule has 1 aromatic rings. The molecule has 6 heteroatoms. The number of halogens is 2. The first-order valence-corrected chi connectivity index (χ1v) is 10.3. The summed E-state index contributed by atoms with van der Waals surface area (Å²) in [5.41, 5.74) is 0.728. The van der Waals surface area contributed by atoms with Crippen molar-refractivity contribution in [2.45, 2.75) is 88.3 Å². The van der Waals surface area contributed by atoms with Gasteiger partial charge in [0.2, 0.25) is 5.92 Å². The smallest absolute Gasteiger partial charge is 0.252 e. The van der Waals surface area contributed by atoms with E-state index in [1.54, 1.807) is 11.3 Å². The summed E-state index contributed by atoms with van der Waals surface area (Å²) in [5.74, 6) is -2.11. The molecule has 2 atom stereocenters. The Morgan fingerprint density at radius 3 is 2.56 bits per heavy atom. The first-order chi connectivity index (χ1) is 11.9. The molecule has 0 saturated heterocycles. The molecular weight excluding hydrogens is 342 g/mol. The summed E-state index contributed by atoms with van der Waals surface area (Å²) in [6.07, 6.45) is 5.57. The van der Waals surface area contributed by atoms with Gasteiger partial charge in [-0.2, -0.15) is 0 Å². The van der Waals surface area contributed by atoms with Crippen LogP contribution in [0.4, 0.5) is 8.78 Å². The molecular formula is C19H26F2N2OS. The number of alkyl halides is 2. The van der Waals surface area contributed by atoms with E-state index in [9.17, 15) is 13.6 Å². The Kier molecular flexibility index (Phi) is 4.61. The third kappa shape index (κ3) is 3.90. The highest BCUT2D eigenvalue weighted by Crippen LogP contribution is 2.45. The summed E-state index contributed by atoms with van der Waals surface area (Å²) < 4.78 is 26.5. The fourth-order valence-electron chi connectivity index (χ4n) is 3.93. The average Bonchev–Trinajstić information content (AvgIpc) is 3.18. The van der Waals surface area contributed by atoms with Crippen LogP contribution < -0.4 is 10.6 Å². The van der Waals surface area contributed by atoms with Crippen molar-refractivity contribution in [3.63, 3.8) is 0 Å². The maximum absolute atomic E-state index is 13.2. The van der Waals surface area contributed by atoms with Crippen LogP contribution in [0.25, 0.3) is 0 Å². The van der Waals surface area contributed by atoms with Crippen molar-refractivity contribution in [3.05, 3.63) is 21.4 Å². The molecule has 0 spiro atoms. The van der Waals surface area contributed by atoms with Crippen molar-refractivity contribution in [2.75, 3.05) is 0 Å². The molecule has 4 rings (SSSR count). The first kappa shape index (κ1) is 17.4. The van der Waals surface area contributed by atoms with E-state index in [0.29, 0.717) is 30.8 Å². The van der Waals surface area contributed by atoms with Crippen molar-refractivity contribution in [1.82, 2.24) is 10.6 Å². The maximum Gasteiger partial charge on any atom is 0.252 e. The van der Waals surface area contributed by atoms with E-state index in [4.69, 9.17) is 0 Å². The molecule has 3 nitrogen and oxygen atoms in total. The predicted octanol–water partition coefficient (Wildman–Crippen LogP) is 4.36. The standard InChI is InChI=1S/C19H26F2N2OS/c1-11-14(18(24)23-13-5-7-19(20,21)8-6-13)10-17(25-11)15-9-16(15)22-12-3-2-4-12/h10,12-13,15-16,22H,2-9H2,1H3,(H,23,24). The second-order valence-corrected chi connectivity index (χ2v) is 9.25. The van der Waals surface area contributed by atoms with Gasteiger partial charge in [-0.1, -0.05) is 6.42 Å². The molecule has 25 heavy (non-hydrogen) atoms. The van der Waals surface area contributed by atoms with Gasteiger partial charge in [0.1, 0.15) is 0 Å². The Morgan fingerprint density at radius 2 is 1.92 bits per heavy atom. The molecule has 3 aliphatic rings. The third-order valence-electron chi connectivity index (χ3n) is 5.94. The minimum Gasteiger partial charge on any atom is -0.349 e. The zero-order chi connectivity index (χ0) is 17.6. The van der Waals surface area contributed by atoms with E-state index >= 15 is 0 Å². The van der Waals surface area contributed by atoms with Crippen molar-refractivity contribution >= 4 is 17.2 Å². The minimum absolute atomic E-state index is 0.0978. The summed E-state index contributed by atoms with van der Waals surface area (Å²) in [6, 6.07) is 3.17. The van der Waals surface area contributed by atoms with E-state index in [2.05, 4.69) is 10.6 Å². The number of nitrogens with one attached hydrogen (secondary N) is 2. The van der Waals surface area contributed by atoms with Crippen LogP contribution in [0, 0.1) is 6.92 Å². The lowest BCUT2D eigenvalue weighted by Crippen LogP contribution is -2.40. The van der Waals surface area contributed by atoms with Gasteiger partial charge in [0.15, 0.2) is 0 Å². The van der Waals surface area contributed by atoms with Crippen LogP contribution in [0.15, 0.2) is 6.07 Å². The highest BCUT2D eigenvalue weighted by atomic mass is 32.1. The Balaban J connectivity index is 1.33. The van der Waals surface area contributed by atoms with Crippen molar-refractivity contribution in [2.24, 2.45) is 0 Å². The van der Waals surface area contributed by atoms with Crippen LogP contribution in [0.3, 0.4) is 0 Å². The highest BCUT2D eigenvalue weighted by Gasteiger charge is 2.42. The van der Waals surface area contributed by atoms with Gasteiger partial charge in [0, 0.05) is 46.6 Å². The molecule has 3 fully saturated rings. The average molecular weight is 368 g/mol. The fourth-order valence-corrected chi connectivity index (χ4v) is 5.14. The van der Waals surface area contributed by atoms with Gasteiger partial charge in [-0.25, -0.2) is 8.78 Å². The summed E-state index contributed by atoms with van der Waals surface area (Å²) in [7, 11) is 0. The minimum atomic E-state index is -2.55. The Labute approximate surface area is 151 Å². The number of amides is 1. The van der Waals surface area contributed by atoms with Gasteiger partial charge in [-0.15, -0.1) is 11.3 Å². The summed E-state index contributed by atoms with van der Waals surface area (Å²) in [4.78, 5) is 14.9. The molecule has 3 aliphatic carbocycles. The summed E-state index contributed by atoms with van der Waals surface area (Å²) in [5, 5.41) is 6.67. The van der Waals surface area contributed by atoms with Gasteiger partial charge in [0.25, 0.3) is 5.91 Å². The van der Waals surface area contributed by atoms with E-state index in [0.717, 1.165) is 16.9 Å². The molecule has 1 amide bonds. The lowest BCUT2D eigenvalue weighted by molar-refractivity contribution is -0.0399. The Bertz CT molecular complexity index is 646. The largest absolute Gasteiger partial charge is 0.349 e. The summed E-state index contributed by atoms with van der Waals surface area (Å²) in [6.45, 7) is 1.98. The van der Waals surface area contributed by atoms with Gasteiger partial charge >= 0.3 is 0 Å². The molecule has 2 N–H and O–H groups in total.